The summed E-state index contributed by atoms with van der Waals surface area (Å²) in [6.45, 7) is 1.67. The number of fused-ring (bicyclic) bond motifs is 1. The predicted octanol–water partition coefficient (Wildman–Crippen LogP) is 0.296. The summed E-state index contributed by atoms with van der Waals surface area (Å²) in [5, 5.41) is 29.7. The zero-order valence-corrected chi connectivity index (χ0v) is 11.1. The lowest BCUT2D eigenvalue weighted by Gasteiger charge is -2.37. The second kappa shape index (κ2) is 6.16. The van der Waals surface area contributed by atoms with Crippen LogP contribution in [0.2, 0.25) is 0 Å². The van der Waals surface area contributed by atoms with Gasteiger partial charge in [0.1, 0.15) is 29.8 Å². The summed E-state index contributed by atoms with van der Waals surface area (Å²) in [7, 11) is 0. The maximum Gasteiger partial charge on any atom is 0.134 e. The van der Waals surface area contributed by atoms with Crippen molar-refractivity contribution < 1.29 is 20.1 Å². The molecule has 2 aliphatic rings. The van der Waals surface area contributed by atoms with Crippen molar-refractivity contribution >= 4 is 16.8 Å². The Morgan fingerprint density at radius 2 is 2.17 bits per heavy atom. The second-order valence-electron chi connectivity index (χ2n) is 4.45. The average molecular weight is 273 g/mol. The highest BCUT2D eigenvalue weighted by Gasteiger charge is 2.47. The summed E-state index contributed by atoms with van der Waals surface area (Å²) in [6, 6.07) is -0.423. The number of aliphatic hydroxyl groups is 3. The Morgan fingerprint density at radius 3 is 2.83 bits per heavy atom. The van der Waals surface area contributed by atoms with Crippen LogP contribution in [0.4, 0.5) is 0 Å². The molecule has 0 bridgehead atoms. The van der Waals surface area contributed by atoms with Gasteiger partial charge in [-0.2, -0.15) is 0 Å². The standard InChI is InChI=1S/C12H19NO4S/c1-2-3-4-5-8-13-9-11(16)10(15)7(6-14)17-12(9)18-8/h2-3,7,9-12,14-16H,4-6H2,1H3/t7-,9?,10-,11-,12?/m1/s1. The van der Waals surface area contributed by atoms with E-state index in [1.165, 1.54) is 11.8 Å². The summed E-state index contributed by atoms with van der Waals surface area (Å²) < 4.78 is 5.55. The minimum Gasteiger partial charge on any atom is -0.394 e. The molecule has 1 fully saturated rings. The van der Waals surface area contributed by atoms with Gasteiger partial charge in [0.2, 0.25) is 0 Å². The fourth-order valence-corrected chi connectivity index (χ4v) is 3.38. The molecule has 2 unspecified atom stereocenters. The van der Waals surface area contributed by atoms with Crippen molar-refractivity contribution in [3.05, 3.63) is 12.2 Å². The van der Waals surface area contributed by atoms with E-state index in [9.17, 15) is 10.2 Å². The van der Waals surface area contributed by atoms with Gasteiger partial charge in [-0.15, -0.1) is 0 Å². The van der Waals surface area contributed by atoms with E-state index in [1.807, 2.05) is 13.0 Å². The molecule has 0 aliphatic carbocycles. The first-order chi connectivity index (χ1) is 8.67. The molecule has 1 saturated heterocycles. The second-order valence-corrected chi connectivity index (χ2v) is 5.62. The highest BCUT2D eigenvalue weighted by Crippen LogP contribution is 2.37. The van der Waals surface area contributed by atoms with Crippen molar-refractivity contribution in [3.63, 3.8) is 0 Å². The molecule has 2 rings (SSSR count). The van der Waals surface area contributed by atoms with Gasteiger partial charge in [-0.1, -0.05) is 23.9 Å². The topological polar surface area (TPSA) is 82.3 Å². The van der Waals surface area contributed by atoms with Crippen molar-refractivity contribution in [1.82, 2.24) is 0 Å². The lowest BCUT2D eigenvalue weighted by Crippen LogP contribution is -2.55. The molecule has 0 radical (unpaired) electrons. The first-order valence-corrected chi connectivity index (χ1v) is 7.02. The SMILES string of the molecule is CC=CCCC1=NC2C(O[C@H](CO)[C@@H](O)[C@@H]2O)S1. The van der Waals surface area contributed by atoms with E-state index in [0.717, 1.165) is 17.9 Å². The van der Waals surface area contributed by atoms with Gasteiger partial charge in [-0.05, 0) is 19.8 Å². The number of ether oxygens (including phenoxy) is 1. The van der Waals surface area contributed by atoms with Gasteiger partial charge in [0, 0.05) is 0 Å². The molecule has 5 atom stereocenters. The normalized spacial score (nSPS) is 40.0. The molecule has 0 spiro atoms. The lowest BCUT2D eigenvalue weighted by atomic mass is 9.99. The van der Waals surface area contributed by atoms with Gasteiger partial charge in [0.05, 0.1) is 11.7 Å². The van der Waals surface area contributed by atoms with E-state index in [1.54, 1.807) is 0 Å². The first kappa shape index (κ1) is 14.0. The van der Waals surface area contributed by atoms with Crippen LogP contribution in [0.1, 0.15) is 19.8 Å². The molecule has 0 aromatic rings. The van der Waals surface area contributed by atoms with Crippen LogP contribution >= 0.6 is 11.8 Å². The number of allylic oxidation sites excluding steroid dienone is 2. The minimum absolute atomic E-state index is 0.291. The Balaban J connectivity index is 1.99. The van der Waals surface area contributed by atoms with E-state index in [2.05, 4.69) is 11.1 Å². The van der Waals surface area contributed by atoms with Crippen molar-refractivity contribution in [2.24, 2.45) is 4.99 Å². The summed E-state index contributed by atoms with van der Waals surface area (Å²) in [5.74, 6) is 0. The van der Waals surface area contributed by atoms with Crippen molar-refractivity contribution in [2.45, 2.75) is 49.6 Å². The molecule has 18 heavy (non-hydrogen) atoms. The molecule has 0 amide bonds. The number of thioether (sulfide) groups is 1. The Bertz CT molecular complexity index is 347. The van der Waals surface area contributed by atoms with Gasteiger partial charge in [-0.3, -0.25) is 4.99 Å². The number of aliphatic hydroxyl groups excluding tert-OH is 3. The first-order valence-electron chi connectivity index (χ1n) is 6.14. The number of rotatable bonds is 4. The largest absolute Gasteiger partial charge is 0.394 e. The molecule has 0 saturated carbocycles. The predicted molar refractivity (Wildman–Crippen MR) is 70.6 cm³/mol. The maximum absolute atomic E-state index is 9.96. The third-order valence-electron chi connectivity index (χ3n) is 3.15. The lowest BCUT2D eigenvalue weighted by molar-refractivity contribution is -0.164. The van der Waals surface area contributed by atoms with E-state index in [-0.39, 0.29) is 12.0 Å². The fourth-order valence-electron chi connectivity index (χ4n) is 2.13. The Kier molecular flexibility index (Phi) is 4.80. The van der Waals surface area contributed by atoms with Crippen molar-refractivity contribution in [3.8, 4) is 0 Å². The molecule has 3 N–H and O–H groups in total. The molecule has 102 valence electrons. The van der Waals surface area contributed by atoms with Crippen LogP contribution in [0.25, 0.3) is 0 Å². The molecule has 6 heteroatoms. The Hall–Kier alpha value is -0.400. The molecular weight excluding hydrogens is 254 g/mol. The van der Waals surface area contributed by atoms with Crippen LogP contribution in [0.15, 0.2) is 17.1 Å². The smallest absolute Gasteiger partial charge is 0.134 e. The number of nitrogens with zero attached hydrogens (tertiary/aromatic N) is 1. The van der Waals surface area contributed by atoms with Gasteiger partial charge >= 0.3 is 0 Å². The van der Waals surface area contributed by atoms with E-state index in [4.69, 9.17) is 9.84 Å². The summed E-state index contributed by atoms with van der Waals surface area (Å²) >= 11 is 1.48. The summed E-state index contributed by atoms with van der Waals surface area (Å²) in [5.41, 5.74) is -0.291. The van der Waals surface area contributed by atoms with Crippen LogP contribution in [-0.4, -0.2) is 56.8 Å². The third kappa shape index (κ3) is 2.78. The zero-order valence-electron chi connectivity index (χ0n) is 10.3. The maximum atomic E-state index is 9.96. The Labute approximate surface area is 111 Å². The van der Waals surface area contributed by atoms with Crippen LogP contribution < -0.4 is 0 Å². The quantitative estimate of drug-likeness (QED) is 0.642. The van der Waals surface area contributed by atoms with E-state index in [0.29, 0.717) is 0 Å². The summed E-state index contributed by atoms with van der Waals surface area (Å²) in [6.07, 6.45) is 3.02. The van der Waals surface area contributed by atoms with Crippen molar-refractivity contribution in [2.75, 3.05) is 6.61 Å². The van der Waals surface area contributed by atoms with Gasteiger partial charge in [0.25, 0.3) is 0 Å². The number of hydrogen-bond donors (Lipinski definition) is 3. The van der Waals surface area contributed by atoms with Crippen LogP contribution in [0, 0.1) is 0 Å². The van der Waals surface area contributed by atoms with Gasteiger partial charge < -0.3 is 20.1 Å². The van der Waals surface area contributed by atoms with E-state index >= 15 is 0 Å². The Morgan fingerprint density at radius 1 is 1.39 bits per heavy atom. The zero-order chi connectivity index (χ0) is 13.1. The molecule has 0 aromatic carbocycles. The molecule has 2 aliphatic heterocycles. The average Bonchev–Trinajstić information content (AvgIpc) is 2.77. The van der Waals surface area contributed by atoms with Crippen molar-refractivity contribution in [1.29, 1.82) is 0 Å². The fraction of sp³-hybridized carbons (Fsp3) is 0.750. The van der Waals surface area contributed by atoms with Crippen LogP contribution in [-0.2, 0) is 4.74 Å². The van der Waals surface area contributed by atoms with Gasteiger partial charge in [-0.25, -0.2) is 0 Å². The van der Waals surface area contributed by atoms with Crippen LogP contribution in [0.5, 0.6) is 0 Å². The highest BCUT2D eigenvalue weighted by molar-refractivity contribution is 8.14. The number of hydrogen-bond acceptors (Lipinski definition) is 6. The highest BCUT2D eigenvalue weighted by atomic mass is 32.2. The minimum atomic E-state index is -1.07. The molecule has 0 aromatic heterocycles. The van der Waals surface area contributed by atoms with E-state index < -0.39 is 24.4 Å². The monoisotopic (exact) mass is 273 g/mol. The van der Waals surface area contributed by atoms with Gasteiger partial charge in [0.15, 0.2) is 0 Å². The third-order valence-corrected chi connectivity index (χ3v) is 4.36. The molecule has 2 heterocycles. The molecular formula is C12H19NO4S. The van der Waals surface area contributed by atoms with Crippen LogP contribution in [0.3, 0.4) is 0 Å². The molecule has 5 nitrogen and oxygen atoms in total. The number of aliphatic imine (C=N–C) groups is 1. The summed E-state index contributed by atoms with van der Waals surface area (Å²) in [4.78, 5) is 4.41.